The Morgan fingerprint density at radius 3 is 2.80 bits per heavy atom. The minimum Gasteiger partial charge on any atom is -0.258 e. The van der Waals surface area contributed by atoms with Crippen molar-refractivity contribution in [2.24, 2.45) is 0 Å². The predicted molar refractivity (Wildman–Crippen MR) is 60.4 cm³/mol. The van der Waals surface area contributed by atoms with Crippen molar-refractivity contribution < 1.29 is 0 Å². The number of hydrogen-bond acceptors (Lipinski definition) is 2. The van der Waals surface area contributed by atoms with Crippen molar-refractivity contribution in [3.63, 3.8) is 0 Å². The molecule has 1 heterocycles. The molecule has 0 aliphatic carbocycles. The first-order valence-electron chi connectivity index (χ1n) is 3.60. The minimum atomic E-state index is 0.750. The van der Waals surface area contributed by atoms with Gasteiger partial charge >= 0.3 is 0 Å². The van der Waals surface area contributed by atoms with Crippen molar-refractivity contribution in [1.29, 1.82) is 0 Å². The van der Waals surface area contributed by atoms with Crippen molar-refractivity contribution in [3.05, 3.63) is 0 Å². The molecule has 1 aliphatic rings. The van der Waals surface area contributed by atoms with Crippen molar-refractivity contribution in [3.8, 4) is 0 Å². The van der Waals surface area contributed by atoms with Crippen LogP contribution in [0.25, 0.3) is 0 Å². The van der Waals surface area contributed by atoms with Crippen LogP contribution in [0.4, 0.5) is 0 Å². The summed E-state index contributed by atoms with van der Waals surface area (Å²) in [5.41, 5.74) is 0. The molecule has 0 aromatic heterocycles. The highest BCUT2D eigenvalue weighted by Crippen LogP contribution is 2.14. The lowest BCUT2D eigenvalue weighted by molar-refractivity contribution is 0.518. The quantitative estimate of drug-likeness (QED) is 0.565. The Morgan fingerprint density at radius 2 is 2.10 bits per heavy atom. The fraction of sp³-hybridized carbons (Fsp3) is 1.00. The number of nitrogens with zero attached hydrogens (tertiary/aromatic N) is 1. The molecular weight excluding hydrogens is 354 g/mol. The van der Waals surface area contributed by atoms with Crippen LogP contribution in [-0.4, -0.2) is 22.2 Å². The molecular formula is C6H12I2N2. The zero-order valence-electron chi connectivity index (χ0n) is 5.82. The number of hydrogen-bond donors (Lipinski definition) is 1. The van der Waals surface area contributed by atoms with Crippen LogP contribution in [0.1, 0.15) is 19.3 Å². The monoisotopic (exact) mass is 366 g/mol. The summed E-state index contributed by atoms with van der Waals surface area (Å²) in [6, 6.07) is 0.750. The summed E-state index contributed by atoms with van der Waals surface area (Å²) in [4.78, 5) is 0. The maximum atomic E-state index is 3.30. The van der Waals surface area contributed by atoms with E-state index >= 15 is 0 Å². The Bertz CT molecular complexity index is 99.7. The van der Waals surface area contributed by atoms with E-state index in [4.69, 9.17) is 0 Å². The minimum absolute atomic E-state index is 0.750. The molecule has 1 N–H and O–H groups in total. The Balaban J connectivity index is 2.26. The Kier molecular flexibility index (Phi) is 4.83. The van der Waals surface area contributed by atoms with Gasteiger partial charge in [0, 0.05) is 64.9 Å². The highest BCUT2D eigenvalue weighted by molar-refractivity contribution is 14.1. The summed E-state index contributed by atoms with van der Waals surface area (Å²) in [6.07, 6.45) is 3.97. The first-order valence-corrected chi connectivity index (χ1v) is 5.64. The zero-order valence-corrected chi connectivity index (χ0v) is 10.1. The van der Waals surface area contributed by atoms with Crippen LogP contribution in [0, 0.1) is 0 Å². The van der Waals surface area contributed by atoms with Crippen molar-refractivity contribution in [1.82, 2.24) is 6.64 Å². The molecule has 1 aliphatic heterocycles. The normalized spacial score (nSPS) is 30.0. The second-order valence-electron chi connectivity index (χ2n) is 2.65. The predicted octanol–water partition coefficient (Wildman–Crippen LogP) is 2.13. The third-order valence-corrected chi connectivity index (χ3v) is 3.67. The second kappa shape index (κ2) is 5.10. The Morgan fingerprint density at radius 1 is 1.30 bits per heavy atom. The number of rotatable bonds is 1. The molecule has 0 saturated carbocycles. The van der Waals surface area contributed by atoms with Gasteiger partial charge in [-0.2, -0.15) is 0 Å². The fourth-order valence-electron chi connectivity index (χ4n) is 1.17. The maximum absolute atomic E-state index is 3.30. The molecule has 1 rings (SSSR count). The average Bonchev–Trinajstić information content (AvgIpc) is 2.14. The molecule has 0 radical (unpaired) electrons. The average molecular weight is 366 g/mol. The molecule has 1 unspecified atom stereocenters. The van der Waals surface area contributed by atoms with E-state index in [1.165, 1.54) is 32.4 Å². The molecule has 1 saturated heterocycles. The standard InChI is InChI=1S/C6H12I2N2/c7-9-6-2-1-4-10(8)5-3-6/h6,9H,1-5H2. The van der Waals surface area contributed by atoms with Crippen molar-refractivity contribution in [2.75, 3.05) is 13.1 Å². The van der Waals surface area contributed by atoms with E-state index in [0.717, 1.165) is 6.04 Å². The van der Waals surface area contributed by atoms with Crippen LogP contribution >= 0.6 is 45.7 Å². The van der Waals surface area contributed by atoms with Gasteiger partial charge in [0.25, 0.3) is 0 Å². The fourth-order valence-corrected chi connectivity index (χ4v) is 2.41. The van der Waals surface area contributed by atoms with Crippen LogP contribution in [-0.2, 0) is 0 Å². The summed E-state index contributed by atoms with van der Waals surface area (Å²) in [5, 5.41) is 0. The van der Waals surface area contributed by atoms with Gasteiger partial charge in [-0.3, -0.25) is 3.53 Å². The molecule has 2 nitrogen and oxygen atoms in total. The largest absolute Gasteiger partial charge is 0.258 e. The highest BCUT2D eigenvalue weighted by Gasteiger charge is 2.13. The first kappa shape index (κ1) is 9.47. The molecule has 0 amide bonds. The Hall–Kier alpha value is 1.38. The summed E-state index contributed by atoms with van der Waals surface area (Å²) in [7, 11) is 0. The van der Waals surface area contributed by atoms with Gasteiger partial charge in [0.1, 0.15) is 0 Å². The van der Waals surface area contributed by atoms with Gasteiger partial charge in [-0.15, -0.1) is 0 Å². The summed E-state index contributed by atoms with van der Waals surface area (Å²) in [6.45, 7) is 2.50. The van der Waals surface area contributed by atoms with E-state index < -0.39 is 0 Å². The summed E-state index contributed by atoms with van der Waals surface area (Å²) >= 11 is 4.67. The van der Waals surface area contributed by atoms with Gasteiger partial charge < -0.3 is 0 Å². The number of halogens is 2. The summed E-state index contributed by atoms with van der Waals surface area (Å²) in [5.74, 6) is 0. The first-order chi connectivity index (χ1) is 4.83. The highest BCUT2D eigenvalue weighted by atomic mass is 127. The zero-order chi connectivity index (χ0) is 7.40. The smallest absolute Gasteiger partial charge is 0.0201 e. The van der Waals surface area contributed by atoms with E-state index in [1.807, 2.05) is 0 Å². The van der Waals surface area contributed by atoms with E-state index in [9.17, 15) is 0 Å². The van der Waals surface area contributed by atoms with Crippen LogP contribution in [0.15, 0.2) is 0 Å². The molecule has 0 aromatic rings. The van der Waals surface area contributed by atoms with Crippen LogP contribution in [0.2, 0.25) is 0 Å². The van der Waals surface area contributed by atoms with Crippen LogP contribution in [0.5, 0.6) is 0 Å². The molecule has 1 fully saturated rings. The van der Waals surface area contributed by atoms with Gasteiger partial charge in [0.05, 0.1) is 0 Å². The lowest BCUT2D eigenvalue weighted by Gasteiger charge is -2.10. The third kappa shape index (κ3) is 3.19. The van der Waals surface area contributed by atoms with Gasteiger partial charge in [-0.1, -0.05) is 0 Å². The van der Waals surface area contributed by atoms with Crippen molar-refractivity contribution >= 4 is 45.7 Å². The van der Waals surface area contributed by atoms with E-state index in [1.54, 1.807) is 0 Å². The molecule has 0 bridgehead atoms. The third-order valence-electron chi connectivity index (χ3n) is 1.83. The van der Waals surface area contributed by atoms with E-state index in [2.05, 4.69) is 52.4 Å². The lowest BCUT2D eigenvalue weighted by Crippen LogP contribution is -2.21. The molecule has 4 heteroatoms. The molecule has 0 spiro atoms. The molecule has 10 heavy (non-hydrogen) atoms. The van der Waals surface area contributed by atoms with Crippen LogP contribution < -0.4 is 3.53 Å². The topological polar surface area (TPSA) is 15.3 Å². The molecule has 1 atom stereocenters. The van der Waals surface area contributed by atoms with Crippen molar-refractivity contribution in [2.45, 2.75) is 25.3 Å². The lowest BCUT2D eigenvalue weighted by atomic mass is 10.1. The van der Waals surface area contributed by atoms with E-state index in [-0.39, 0.29) is 0 Å². The van der Waals surface area contributed by atoms with Gasteiger partial charge in [-0.05, 0) is 19.3 Å². The van der Waals surface area contributed by atoms with Gasteiger partial charge in [0.2, 0.25) is 0 Å². The van der Waals surface area contributed by atoms with Gasteiger partial charge in [-0.25, -0.2) is 3.11 Å². The maximum Gasteiger partial charge on any atom is 0.0201 e. The van der Waals surface area contributed by atoms with E-state index in [0.29, 0.717) is 0 Å². The van der Waals surface area contributed by atoms with Gasteiger partial charge in [0.15, 0.2) is 0 Å². The Labute approximate surface area is 90.1 Å². The number of nitrogens with one attached hydrogen (secondary N) is 1. The summed E-state index contributed by atoms with van der Waals surface area (Å²) < 4.78 is 5.69. The molecule has 0 aromatic carbocycles. The second-order valence-corrected chi connectivity index (χ2v) is 4.63. The SMILES string of the molecule is INC1CCCN(I)CC1. The molecule has 60 valence electrons. The van der Waals surface area contributed by atoms with Crippen LogP contribution in [0.3, 0.4) is 0 Å².